The van der Waals surface area contributed by atoms with Gasteiger partial charge in [0.05, 0.1) is 12.8 Å². The summed E-state index contributed by atoms with van der Waals surface area (Å²) in [6.45, 7) is 6.63. The maximum Gasteiger partial charge on any atom is 0.122 e. The Morgan fingerprint density at radius 2 is 2.05 bits per heavy atom. The standard InChI is InChI=1S/C18H25NO3/c1-3-10-19(13-17-8-6-11-21-17)12-16(20)14-22-18-9-5-4-7-15(18)2/h4-9,11,16,20H,3,10,12-14H2,1-2H3. The van der Waals surface area contributed by atoms with Crippen molar-refractivity contribution in [2.45, 2.75) is 32.9 Å². The summed E-state index contributed by atoms with van der Waals surface area (Å²) in [5, 5.41) is 10.2. The number of para-hydroxylation sites is 1. The largest absolute Gasteiger partial charge is 0.491 e. The van der Waals surface area contributed by atoms with Crippen molar-refractivity contribution in [1.29, 1.82) is 0 Å². The maximum absolute atomic E-state index is 10.2. The third-order valence-electron chi connectivity index (χ3n) is 3.49. The Labute approximate surface area is 132 Å². The molecule has 1 unspecified atom stereocenters. The van der Waals surface area contributed by atoms with Crippen LogP contribution < -0.4 is 4.74 Å². The van der Waals surface area contributed by atoms with Crippen LogP contribution in [-0.2, 0) is 6.54 Å². The van der Waals surface area contributed by atoms with Gasteiger partial charge in [0, 0.05) is 6.54 Å². The average molecular weight is 303 g/mol. The van der Waals surface area contributed by atoms with Crippen molar-refractivity contribution in [3.8, 4) is 5.75 Å². The van der Waals surface area contributed by atoms with Gasteiger partial charge in [0.15, 0.2) is 0 Å². The molecule has 0 saturated heterocycles. The van der Waals surface area contributed by atoms with Crippen molar-refractivity contribution in [3.05, 3.63) is 54.0 Å². The highest BCUT2D eigenvalue weighted by Crippen LogP contribution is 2.16. The minimum Gasteiger partial charge on any atom is -0.491 e. The van der Waals surface area contributed by atoms with Crippen LogP contribution in [0.5, 0.6) is 5.75 Å². The molecule has 0 radical (unpaired) electrons. The van der Waals surface area contributed by atoms with E-state index < -0.39 is 6.10 Å². The van der Waals surface area contributed by atoms with Crippen molar-refractivity contribution in [2.75, 3.05) is 19.7 Å². The van der Waals surface area contributed by atoms with Gasteiger partial charge in [0.25, 0.3) is 0 Å². The summed E-state index contributed by atoms with van der Waals surface area (Å²) in [5.74, 6) is 1.75. The molecule has 4 heteroatoms. The van der Waals surface area contributed by atoms with Crippen LogP contribution in [0.15, 0.2) is 47.1 Å². The number of nitrogens with zero attached hydrogens (tertiary/aromatic N) is 1. The molecular weight excluding hydrogens is 278 g/mol. The van der Waals surface area contributed by atoms with Crippen LogP contribution >= 0.6 is 0 Å². The van der Waals surface area contributed by atoms with E-state index in [0.29, 0.717) is 19.7 Å². The van der Waals surface area contributed by atoms with Crippen molar-refractivity contribution < 1.29 is 14.3 Å². The number of aliphatic hydroxyl groups is 1. The lowest BCUT2D eigenvalue weighted by Crippen LogP contribution is -2.35. The van der Waals surface area contributed by atoms with E-state index in [2.05, 4.69) is 11.8 Å². The first kappa shape index (κ1) is 16.6. The zero-order chi connectivity index (χ0) is 15.8. The third kappa shape index (κ3) is 5.20. The molecule has 0 fully saturated rings. The molecule has 0 aliphatic heterocycles. The van der Waals surface area contributed by atoms with E-state index in [4.69, 9.17) is 9.15 Å². The summed E-state index contributed by atoms with van der Waals surface area (Å²) in [7, 11) is 0. The average Bonchev–Trinajstić information content (AvgIpc) is 2.99. The first-order valence-corrected chi connectivity index (χ1v) is 7.80. The van der Waals surface area contributed by atoms with Gasteiger partial charge in [0.2, 0.25) is 0 Å². The molecule has 0 aliphatic carbocycles. The second-order valence-corrected chi connectivity index (χ2v) is 5.54. The Hall–Kier alpha value is -1.78. The quantitative estimate of drug-likeness (QED) is 0.772. The van der Waals surface area contributed by atoms with Crippen LogP contribution in [0, 0.1) is 6.92 Å². The molecule has 0 spiro atoms. The summed E-state index contributed by atoms with van der Waals surface area (Å²) in [5.41, 5.74) is 1.08. The van der Waals surface area contributed by atoms with E-state index in [0.717, 1.165) is 30.0 Å². The normalized spacial score (nSPS) is 12.5. The molecule has 2 rings (SSSR count). The maximum atomic E-state index is 10.2. The lowest BCUT2D eigenvalue weighted by atomic mass is 10.2. The number of rotatable bonds is 9. The summed E-state index contributed by atoms with van der Waals surface area (Å²) in [4.78, 5) is 2.19. The van der Waals surface area contributed by atoms with Gasteiger partial charge >= 0.3 is 0 Å². The topological polar surface area (TPSA) is 45.8 Å². The number of hydrogen-bond donors (Lipinski definition) is 1. The number of ether oxygens (including phenoxy) is 1. The second kappa shape index (κ2) is 8.61. The fourth-order valence-electron chi connectivity index (χ4n) is 2.43. The number of aliphatic hydroxyl groups excluding tert-OH is 1. The highest BCUT2D eigenvalue weighted by atomic mass is 16.5. The van der Waals surface area contributed by atoms with Gasteiger partial charge in [-0.2, -0.15) is 0 Å². The Morgan fingerprint density at radius 3 is 2.73 bits per heavy atom. The van der Waals surface area contributed by atoms with Crippen molar-refractivity contribution in [1.82, 2.24) is 4.90 Å². The van der Waals surface area contributed by atoms with Crippen LogP contribution in [0.1, 0.15) is 24.7 Å². The molecule has 1 heterocycles. The second-order valence-electron chi connectivity index (χ2n) is 5.54. The molecule has 2 aromatic rings. The Morgan fingerprint density at radius 1 is 1.23 bits per heavy atom. The number of benzene rings is 1. The van der Waals surface area contributed by atoms with E-state index in [9.17, 15) is 5.11 Å². The van der Waals surface area contributed by atoms with Crippen LogP contribution in [-0.4, -0.2) is 35.8 Å². The van der Waals surface area contributed by atoms with E-state index in [1.54, 1.807) is 6.26 Å². The number of aryl methyl sites for hydroxylation is 1. The molecule has 4 nitrogen and oxygen atoms in total. The van der Waals surface area contributed by atoms with Gasteiger partial charge in [-0.1, -0.05) is 25.1 Å². The summed E-state index contributed by atoms with van der Waals surface area (Å²) < 4.78 is 11.1. The first-order valence-electron chi connectivity index (χ1n) is 7.80. The Kier molecular flexibility index (Phi) is 6.49. The fraction of sp³-hybridized carbons (Fsp3) is 0.444. The summed E-state index contributed by atoms with van der Waals surface area (Å²) in [6, 6.07) is 11.7. The van der Waals surface area contributed by atoms with E-state index in [-0.39, 0.29) is 0 Å². The predicted molar refractivity (Wildman–Crippen MR) is 87.0 cm³/mol. The lowest BCUT2D eigenvalue weighted by molar-refractivity contribution is 0.0631. The number of furan rings is 1. The van der Waals surface area contributed by atoms with Crippen LogP contribution in [0.4, 0.5) is 0 Å². The van der Waals surface area contributed by atoms with E-state index >= 15 is 0 Å². The van der Waals surface area contributed by atoms with Crippen LogP contribution in [0.25, 0.3) is 0 Å². The predicted octanol–water partition coefficient (Wildman–Crippen LogP) is 3.24. The zero-order valence-corrected chi connectivity index (χ0v) is 13.4. The molecule has 1 aromatic carbocycles. The third-order valence-corrected chi connectivity index (χ3v) is 3.49. The van der Waals surface area contributed by atoms with E-state index in [1.807, 2.05) is 43.3 Å². The van der Waals surface area contributed by atoms with Gasteiger partial charge in [0.1, 0.15) is 24.2 Å². The van der Waals surface area contributed by atoms with Gasteiger partial charge in [-0.3, -0.25) is 4.90 Å². The molecule has 0 amide bonds. The van der Waals surface area contributed by atoms with Gasteiger partial charge < -0.3 is 14.3 Å². The molecule has 22 heavy (non-hydrogen) atoms. The van der Waals surface area contributed by atoms with Gasteiger partial charge in [-0.05, 0) is 43.7 Å². The summed E-state index contributed by atoms with van der Waals surface area (Å²) >= 11 is 0. The zero-order valence-electron chi connectivity index (χ0n) is 13.4. The number of hydrogen-bond acceptors (Lipinski definition) is 4. The summed E-state index contributed by atoms with van der Waals surface area (Å²) in [6.07, 6.45) is 2.18. The van der Waals surface area contributed by atoms with Crippen molar-refractivity contribution in [2.24, 2.45) is 0 Å². The Bertz CT molecular complexity index is 539. The molecule has 1 N–H and O–H groups in total. The minimum absolute atomic E-state index is 0.295. The van der Waals surface area contributed by atoms with Crippen molar-refractivity contribution in [3.63, 3.8) is 0 Å². The first-order chi connectivity index (χ1) is 10.7. The monoisotopic (exact) mass is 303 g/mol. The minimum atomic E-state index is -0.527. The molecule has 1 atom stereocenters. The van der Waals surface area contributed by atoms with E-state index in [1.165, 1.54) is 0 Å². The molecule has 0 aliphatic rings. The van der Waals surface area contributed by atoms with Gasteiger partial charge in [-0.15, -0.1) is 0 Å². The highest BCUT2D eigenvalue weighted by molar-refractivity contribution is 5.31. The van der Waals surface area contributed by atoms with Crippen LogP contribution in [0.2, 0.25) is 0 Å². The molecule has 1 aromatic heterocycles. The van der Waals surface area contributed by atoms with Gasteiger partial charge in [-0.25, -0.2) is 0 Å². The fourth-order valence-corrected chi connectivity index (χ4v) is 2.43. The smallest absolute Gasteiger partial charge is 0.122 e. The molecule has 0 bridgehead atoms. The molecule has 120 valence electrons. The van der Waals surface area contributed by atoms with Crippen molar-refractivity contribution >= 4 is 0 Å². The molecule has 0 saturated carbocycles. The van der Waals surface area contributed by atoms with Crippen LogP contribution in [0.3, 0.4) is 0 Å². The highest BCUT2D eigenvalue weighted by Gasteiger charge is 2.14. The SMILES string of the molecule is CCCN(Cc1ccco1)CC(O)COc1ccccc1C. The Balaban J connectivity index is 1.82. The lowest BCUT2D eigenvalue weighted by Gasteiger charge is -2.24. The molecular formula is C18H25NO3.